The largest absolute Gasteiger partial charge is 0.497 e. The van der Waals surface area contributed by atoms with E-state index in [9.17, 15) is 14.4 Å². The van der Waals surface area contributed by atoms with Crippen LogP contribution in [-0.2, 0) is 75.3 Å². The molecule has 0 saturated carbocycles. The van der Waals surface area contributed by atoms with Crippen LogP contribution in [0.4, 0.5) is 0 Å². The lowest BCUT2D eigenvalue weighted by molar-refractivity contribution is -0.161. The van der Waals surface area contributed by atoms with Crippen molar-refractivity contribution < 1.29 is 66.6 Å². The summed E-state index contributed by atoms with van der Waals surface area (Å²) in [5, 5.41) is 7.58. The first-order valence-corrected chi connectivity index (χ1v) is 33.6. The number of aliphatic imine (C=N–C) groups is 1. The zero-order chi connectivity index (χ0) is 66.5. The van der Waals surface area contributed by atoms with Crippen molar-refractivity contribution in [2.45, 2.75) is 42.2 Å². The predicted octanol–water partition coefficient (Wildman–Crippen LogP) is 12.5. The van der Waals surface area contributed by atoms with Gasteiger partial charge in [-0.1, -0.05) is 204 Å². The number of alkyl halides is 1. The lowest BCUT2D eigenvalue weighted by Crippen LogP contribution is -2.70. The molecule has 1 saturated heterocycles. The van der Waals surface area contributed by atoms with Crippen molar-refractivity contribution in [2.75, 3.05) is 73.0 Å². The van der Waals surface area contributed by atoms with E-state index in [4.69, 9.17) is 91.8 Å². The van der Waals surface area contributed by atoms with Crippen molar-refractivity contribution in [3.63, 3.8) is 0 Å². The molecule has 10 rings (SSSR count). The Labute approximate surface area is 572 Å². The molecule has 0 bridgehead atoms. The van der Waals surface area contributed by atoms with Gasteiger partial charge in [-0.2, -0.15) is 0 Å². The summed E-state index contributed by atoms with van der Waals surface area (Å²) in [7, 11) is 3.01. The number of nitrogens with one attached hydrogen (secondary N) is 2. The normalized spacial score (nSPS) is 16.4. The minimum Gasteiger partial charge on any atom is -0.497 e. The van der Waals surface area contributed by atoms with Crippen LogP contribution in [0.3, 0.4) is 0 Å². The average Bonchev–Trinajstić information content (AvgIpc) is 0.830. The van der Waals surface area contributed by atoms with Gasteiger partial charge >= 0.3 is 11.9 Å². The molecule has 7 aromatic rings. The highest BCUT2D eigenvalue weighted by molar-refractivity contribution is 8.05. The van der Waals surface area contributed by atoms with E-state index in [0.717, 1.165) is 16.7 Å². The molecule has 24 heteroatoms. The maximum atomic E-state index is 15.5. The van der Waals surface area contributed by atoms with Gasteiger partial charge in [0.1, 0.15) is 40.0 Å². The third-order valence-electron chi connectivity index (χ3n) is 15.2. The Morgan fingerprint density at radius 2 is 1.32 bits per heavy atom. The molecule has 7 aromatic carbocycles. The maximum absolute atomic E-state index is 15.5. The highest BCUT2D eigenvalue weighted by Gasteiger charge is 2.54. The van der Waals surface area contributed by atoms with Gasteiger partial charge in [-0.3, -0.25) is 14.5 Å². The number of ether oxygens (including phenoxy) is 9. The van der Waals surface area contributed by atoms with E-state index in [1.807, 2.05) is 152 Å². The molecule has 0 aromatic heterocycles. The molecule has 3 aliphatic heterocycles. The quantitative estimate of drug-likeness (QED) is 0.00763. The molecular formula is C71H68Cl3N5O14S2. The number of hydrogen-bond acceptors (Lipinski definition) is 18. The Kier molecular flexibility index (Phi) is 25.2. The molecule has 3 unspecified atom stereocenters. The van der Waals surface area contributed by atoms with Gasteiger partial charge in [0.2, 0.25) is 12.0 Å². The first kappa shape index (κ1) is 69.5. The number of β-lactam (4-membered cyclic amide) rings is 1. The second-order valence-corrected chi connectivity index (χ2v) is 24.8. The molecule has 0 aliphatic carbocycles. The first-order valence-electron chi connectivity index (χ1n) is 30.0. The van der Waals surface area contributed by atoms with E-state index >= 15 is 4.79 Å². The SMILES string of the molecule is COCCOCOc1cc(C(ON=S2C=C(CC(=O)N[C@@H]3C(=O)N4C(C(=O)OCc5ccc(OC)cc5)=C(/C=C\CCl)CSC34)N=C2NC(c2ccccc2)(c2ccccc2)c2ccccc2)C(=O)OC(c2ccccc2)c2ccccc2)c(Cl)c(Cl)c1OCOCCOC. The van der Waals surface area contributed by atoms with Crippen LogP contribution in [0.1, 0.15) is 57.6 Å². The number of fused-ring (bicyclic) bond motifs is 1. The number of thioether (sulfide) groups is 1. The summed E-state index contributed by atoms with van der Waals surface area (Å²) < 4.78 is 56.3. The molecule has 494 valence electrons. The van der Waals surface area contributed by atoms with Crippen LogP contribution in [0.5, 0.6) is 17.2 Å². The number of carbonyl (C=O) groups is 4. The number of halogens is 3. The van der Waals surface area contributed by atoms with Crippen molar-refractivity contribution >= 4 is 86.2 Å². The van der Waals surface area contributed by atoms with E-state index in [2.05, 4.69) is 10.6 Å². The number of benzene rings is 7. The van der Waals surface area contributed by atoms with Gasteiger partial charge in [0, 0.05) is 47.5 Å². The number of nitrogens with zero attached hydrogens (tertiary/aromatic N) is 3. The third kappa shape index (κ3) is 17.0. The summed E-state index contributed by atoms with van der Waals surface area (Å²) in [5.74, 6) is -1.66. The Morgan fingerprint density at radius 3 is 1.87 bits per heavy atom. The molecule has 2 N–H and O–H groups in total. The molecular weight excluding hydrogens is 1320 g/mol. The molecule has 95 heavy (non-hydrogen) atoms. The van der Waals surface area contributed by atoms with Crippen molar-refractivity contribution in [2.24, 2.45) is 9.52 Å². The third-order valence-corrected chi connectivity index (χ3v) is 18.8. The zero-order valence-electron chi connectivity index (χ0n) is 51.9. The van der Waals surface area contributed by atoms with Gasteiger partial charge in [-0.25, -0.2) is 19.4 Å². The molecule has 3 aliphatic rings. The second kappa shape index (κ2) is 34.4. The van der Waals surface area contributed by atoms with E-state index < -0.39 is 63.6 Å². The fraction of sp³-hybridized carbons (Fsp3) is 0.254. The van der Waals surface area contributed by atoms with E-state index in [-0.39, 0.29) is 103 Å². The summed E-state index contributed by atoms with van der Waals surface area (Å²) in [4.78, 5) is 71.5. The number of esters is 2. The van der Waals surface area contributed by atoms with Crippen LogP contribution >= 0.6 is 46.6 Å². The van der Waals surface area contributed by atoms with Crippen LogP contribution in [-0.4, -0.2) is 118 Å². The Hall–Kier alpha value is -8.32. The Morgan fingerprint density at radius 1 is 0.747 bits per heavy atom. The summed E-state index contributed by atoms with van der Waals surface area (Å²) in [6.07, 6.45) is 0.249. The van der Waals surface area contributed by atoms with Gasteiger partial charge in [0.05, 0.1) is 50.7 Å². The smallest absolute Gasteiger partial charge is 0.355 e. The van der Waals surface area contributed by atoms with E-state index in [1.165, 1.54) is 36.9 Å². The number of rotatable bonds is 32. The number of amides is 2. The molecule has 3 heterocycles. The van der Waals surface area contributed by atoms with Crippen LogP contribution in [0.2, 0.25) is 10.0 Å². The Balaban J connectivity index is 1.03. The number of methoxy groups -OCH3 is 3. The second-order valence-electron chi connectivity index (χ2n) is 21.2. The number of carbonyl (C=O) groups excluding carboxylic acids is 4. The number of amidine groups is 1. The highest BCUT2D eigenvalue weighted by Crippen LogP contribution is 2.47. The lowest BCUT2D eigenvalue weighted by atomic mass is 9.77. The highest BCUT2D eigenvalue weighted by atomic mass is 35.5. The van der Waals surface area contributed by atoms with Crippen LogP contribution in [0, 0.1) is 0 Å². The molecule has 4 atom stereocenters. The molecule has 0 spiro atoms. The van der Waals surface area contributed by atoms with Gasteiger partial charge in [0.25, 0.3) is 5.91 Å². The molecule has 19 nitrogen and oxygen atoms in total. The van der Waals surface area contributed by atoms with Crippen molar-refractivity contribution in [1.29, 1.82) is 0 Å². The summed E-state index contributed by atoms with van der Waals surface area (Å²) in [6, 6.07) is 55.1. The van der Waals surface area contributed by atoms with Crippen LogP contribution in [0.25, 0.3) is 0 Å². The average molecular weight is 1390 g/mol. The number of allylic oxidation sites excluding steroid dienone is 2. The Bertz CT molecular complexity index is 3800. The van der Waals surface area contributed by atoms with Gasteiger partial charge in [-0.15, -0.1) is 23.4 Å². The fourth-order valence-corrected chi connectivity index (χ4v) is 13.7. The van der Waals surface area contributed by atoms with E-state index in [1.54, 1.807) is 48.9 Å². The summed E-state index contributed by atoms with van der Waals surface area (Å²) in [5.41, 5.74) is 4.04. The minimum absolute atomic E-state index is 0.00906. The maximum Gasteiger partial charge on any atom is 0.355 e. The zero-order valence-corrected chi connectivity index (χ0v) is 55.8. The molecule has 0 radical (unpaired) electrons. The standard InChI is InChI=1S/C71H68Cl3N5O14S2/c1-84-36-38-87-45-90-57-41-56(59(73)60(74)65(57)91-46-88-39-37-85-2)64(69(83)92-63(48-20-9-4-10-21-48)49-22-11-5-12-23-49)93-78-95-44-54(75-70(95)77-71(51-25-13-6-14-26-51,52-27-15-7-16-28-52)53-29-17-8-18-30-53)40-58(80)76-61-66(81)79-62(50(24-19-35-72)43-94-67(61)79)68(82)89-42-47-31-33-55(86-3)34-32-47/h4-34,41,44,61,63-64,67H,35-40,42-43,45-46H2,1-3H3,(H,75,77)(H,76,80)/b24-19-/t61-,64?,67?,95?/m1/s1. The molecule has 1 fully saturated rings. The van der Waals surface area contributed by atoms with Gasteiger partial charge in [0.15, 0.2) is 36.4 Å². The topological polar surface area (TPSA) is 213 Å². The monoisotopic (exact) mass is 1380 g/mol. The van der Waals surface area contributed by atoms with Gasteiger partial charge < -0.3 is 53.3 Å². The van der Waals surface area contributed by atoms with Crippen LogP contribution in [0.15, 0.2) is 226 Å². The summed E-state index contributed by atoms with van der Waals surface area (Å²) >= 11 is 21.9. The minimum atomic E-state index is -1.81. The van der Waals surface area contributed by atoms with Crippen molar-refractivity contribution in [1.82, 2.24) is 15.5 Å². The lowest BCUT2D eigenvalue weighted by Gasteiger charge is -2.49. The van der Waals surface area contributed by atoms with Crippen molar-refractivity contribution in [3.05, 3.63) is 266 Å². The fourth-order valence-electron chi connectivity index (χ4n) is 10.5. The van der Waals surface area contributed by atoms with Gasteiger partial charge in [-0.05, 0) is 57.2 Å². The van der Waals surface area contributed by atoms with Crippen molar-refractivity contribution in [3.8, 4) is 17.2 Å². The first-order chi connectivity index (χ1) is 46.5. The number of hydrogen-bond donors (Lipinski definition) is 2. The predicted molar refractivity (Wildman–Crippen MR) is 365 cm³/mol. The molecule has 2 amide bonds. The van der Waals surface area contributed by atoms with Crippen LogP contribution < -0.4 is 24.8 Å². The summed E-state index contributed by atoms with van der Waals surface area (Å²) in [6.45, 7) is 0.239. The van der Waals surface area contributed by atoms with E-state index in [0.29, 0.717) is 33.8 Å².